The van der Waals surface area contributed by atoms with Crippen molar-refractivity contribution in [2.75, 3.05) is 28.6 Å². The van der Waals surface area contributed by atoms with Gasteiger partial charge in [0, 0.05) is 36.4 Å². The Kier molecular flexibility index (Phi) is 7.64. The molecule has 0 fully saturated rings. The molecule has 3 N–H and O–H groups in total. The fourth-order valence-electron chi connectivity index (χ4n) is 3.30. The molecule has 0 aromatic heterocycles. The van der Waals surface area contributed by atoms with E-state index in [4.69, 9.17) is 5.11 Å². The number of nitrogens with zero attached hydrogens (tertiary/aromatic N) is 2. The average molecular weight is 447 g/mol. The number of para-hydroxylation sites is 1. The molecule has 0 spiro atoms. The summed E-state index contributed by atoms with van der Waals surface area (Å²) >= 11 is 0. The topological polar surface area (TPSA) is 102 Å². The molecule has 0 radical (unpaired) electrons. The van der Waals surface area contributed by atoms with E-state index in [1.807, 2.05) is 37.3 Å². The highest BCUT2D eigenvalue weighted by atomic mass is 16.4. The molecule has 0 saturated heterocycles. The van der Waals surface area contributed by atoms with E-state index in [-0.39, 0.29) is 25.0 Å². The number of hydrogen-bond acceptors (Lipinski definition) is 4. The Morgan fingerprint density at radius 1 is 1.03 bits per heavy atom. The van der Waals surface area contributed by atoms with Crippen molar-refractivity contribution in [3.8, 4) is 0 Å². The lowest BCUT2D eigenvalue weighted by Crippen LogP contribution is -2.31. The summed E-state index contributed by atoms with van der Waals surface area (Å²) in [6.45, 7) is 3.42. The van der Waals surface area contributed by atoms with Gasteiger partial charge in [0.15, 0.2) is 0 Å². The predicted molar refractivity (Wildman–Crippen MR) is 129 cm³/mol. The van der Waals surface area contributed by atoms with Crippen LogP contribution in [0.5, 0.6) is 0 Å². The van der Waals surface area contributed by atoms with Crippen LogP contribution in [0.3, 0.4) is 0 Å². The van der Waals surface area contributed by atoms with E-state index in [2.05, 4.69) is 10.6 Å². The van der Waals surface area contributed by atoms with Crippen LogP contribution in [0.15, 0.2) is 84.7 Å². The third-order valence-electron chi connectivity index (χ3n) is 4.88. The first kappa shape index (κ1) is 23.3. The second-order valence-corrected chi connectivity index (χ2v) is 7.52. The minimum atomic E-state index is -0.955. The number of amides is 3. The molecule has 3 rings (SSSR count). The molecule has 1 aliphatic rings. The summed E-state index contributed by atoms with van der Waals surface area (Å²) in [7, 11) is 0. The van der Waals surface area contributed by atoms with E-state index in [1.54, 1.807) is 58.6 Å². The summed E-state index contributed by atoms with van der Waals surface area (Å²) in [6, 6.07) is 14.1. The summed E-state index contributed by atoms with van der Waals surface area (Å²) in [5.41, 5.74) is 3.55. The molecule has 2 aromatic carbocycles. The maximum absolute atomic E-state index is 12.4. The maximum atomic E-state index is 12.4. The molecular formula is C25H26N4O4. The standard InChI is InChI=1S/C25H26N4O4/c1-18-8-3-4-12-23(18)27-25(33)26-21-10-7-11-22(14-21)29(19(2)30)16-20-9-5-6-13-28(15-20)17-24(31)32/h3-15H,16-17H2,1-2H3,(H,31,32)(H2,26,27,33). The lowest BCUT2D eigenvalue weighted by Gasteiger charge is -2.23. The van der Waals surface area contributed by atoms with Gasteiger partial charge in [-0.1, -0.05) is 36.4 Å². The first-order chi connectivity index (χ1) is 15.8. The molecule has 170 valence electrons. The highest BCUT2D eigenvalue weighted by Crippen LogP contribution is 2.22. The Labute approximate surface area is 192 Å². The van der Waals surface area contributed by atoms with E-state index in [9.17, 15) is 14.4 Å². The predicted octanol–water partition coefficient (Wildman–Crippen LogP) is 4.35. The second kappa shape index (κ2) is 10.8. The van der Waals surface area contributed by atoms with Gasteiger partial charge in [0.25, 0.3) is 0 Å². The zero-order valence-electron chi connectivity index (χ0n) is 18.5. The number of anilines is 3. The number of carbonyl (C=O) groups excluding carboxylic acids is 2. The van der Waals surface area contributed by atoms with Crippen molar-refractivity contribution in [2.45, 2.75) is 13.8 Å². The highest BCUT2D eigenvalue weighted by molar-refractivity contribution is 6.01. The van der Waals surface area contributed by atoms with Gasteiger partial charge in [-0.25, -0.2) is 4.79 Å². The molecule has 0 saturated carbocycles. The van der Waals surface area contributed by atoms with Gasteiger partial charge < -0.3 is 25.5 Å². The molecule has 0 bridgehead atoms. The van der Waals surface area contributed by atoms with Crippen LogP contribution in [0, 0.1) is 6.92 Å². The minimum absolute atomic E-state index is 0.183. The van der Waals surface area contributed by atoms with Crippen LogP contribution >= 0.6 is 0 Å². The SMILES string of the molecule is CC(=O)N(CC1=CN(CC(=O)O)C=CC=C1)c1cccc(NC(=O)Nc2ccccc2C)c1. The zero-order chi connectivity index (χ0) is 23.8. The van der Waals surface area contributed by atoms with Crippen LogP contribution in [-0.2, 0) is 9.59 Å². The molecule has 0 aliphatic carbocycles. The van der Waals surface area contributed by atoms with Crippen molar-refractivity contribution in [2.24, 2.45) is 0 Å². The zero-order valence-corrected chi connectivity index (χ0v) is 18.5. The molecule has 1 heterocycles. The lowest BCUT2D eigenvalue weighted by molar-refractivity contribution is -0.137. The van der Waals surface area contributed by atoms with Crippen LogP contribution in [0.4, 0.5) is 21.9 Å². The number of aryl methyl sites for hydroxylation is 1. The van der Waals surface area contributed by atoms with Crippen molar-refractivity contribution in [3.05, 3.63) is 90.3 Å². The van der Waals surface area contributed by atoms with Crippen molar-refractivity contribution in [3.63, 3.8) is 0 Å². The summed E-state index contributed by atoms with van der Waals surface area (Å²) in [4.78, 5) is 39.0. The molecular weight excluding hydrogens is 420 g/mol. The minimum Gasteiger partial charge on any atom is -0.480 e. The van der Waals surface area contributed by atoms with E-state index >= 15 is 0 Å². The summed E-state index contributed by atoms with van der Waals surface area (Å²) in [5.74, 6) is -1.14. The van der Waals surface area contributed by atoms with Crippen LogP contribution in [0.1, 0.15) is 12.5 Å². The van der Waals surface area contributed by atoms with Gasteiger partial charge in [-0.05, 0) is 48.4 Å². The summed E-state index contributed by atoms with van der Waals surface area (Å²) in [5, 5.41) is 14.7. The molecule has 1 aliphatic heterocycles. The van der Waals surface area contributed by atoms with E-state index < -0.39 is 5.97 Å². The van der Waals surface area contributed by atoms with Gasteiger partial charge in [0.1, 0.15) is 6.54 Å². The van der Waals surface area contributed by atoms with Crippen LogP contribution in [0.25, 0.3) is 0 Å². The van der Waals surface area contributed by atoms with Gasteiger partial charge in [0.2, 0.25) is 5.91 Å². The van der Waals surface area contributed by atoms with Gasteiger partial charge in [-0.2, -0.15) is 0 Å². The number of carboxylic acids is 1. The van der Waals surface area contributed by atoms with Gasteiger partial charge in [0.05, 0.1) is 6.54 Å². The number of rotatable bonds is 7. The van der Waals surface area contributed by atoms with E-state index in [0.717, 1.165) is 11.1 Å². The van der Waals surface area contributed by atoms with Crippen LogP contribution < -0.4 is 15.5 Å². The fraction of sp³-hybridized carbons (Fsp3) is 0.160. The van der Waals surface area contributed by atoms with Crippen LogP contribution in [0.2, 0.25) is 0 Å². The number of aliphatic carboxylic acids is 1. The molecule has 0 atom stereocenters. The number of benzene rings is 2. The largest absolute Gasteiger partial charge is 0.480 e. The number of nitrogens with one attached hydrogen (secondary N) is 2. The lowest BCUT2D eigenvalue weighted by atomic mass is 10.2. The third kappa shape index (κ3) is 6.83. The summed E-state index contributed by atoms with van der Waals surface area (Å²) < 4.78 is 0. The molecule has 8 heteroatoms. The molecule has 8 nitrogen and oxygen atoms in total. The Morgan fingerprint density at radius 2 is 1.82 bits per heavy atom. The smallest absolute Gasteiger partial charge is 0.323 e. The number of urea groups is 1. The maximum Gasteiger partial charge on any atom is 0.323 e. The Bertz CT molecular complexity index is 1140. The van der Waals surface area contributed by atoms with Crippen molar-refractivity contribution < 1.29 is 19.5 Å². The number of carboxylic acid groups (broad SMARTS) is 1. The van der Waals surface area contributed by atoms with Crippen molar-refractivity contribution >= 4 is 35.0 Å². The molecule has 0 unspecified atom stereocenters. The third-order valence-corrected chi connectivity index (χ3v) is 4.88. The van der Waals surface area contributed by atoms with E-state index in [0.29, 0.717) is 17.1 Å². The fourth-order valence-corrected chi connectivity index (χ4v) is 3.30. The van der Waals surface area contributed by atoms with Crippen LogP contribution in [-0.4, -0.2) is 41.0 Å². The van der Waals surface area contributed by atoms with Gasteiger partial charge in [-0.3, -0.25) is 9.59 Å². The van der Waals surface area contributed by atoms with Gasteiger partial charge >= 0.3 is 12.0 Å². The Morgan fingerprint density at radius 3 is 2.55 bits per heavy atom. The van der Waals surface area contributed by atoms with Gasteiger partial charge in [-0.15, -0.1) is 0 Å². The normalized spacial score (nSPS) is 12.5. The average Bonchev–Trinajstić information content (AvgIpc) is 2.98. The molecule has 2 aromatic rings. The first-order valence-electron chi connectivity index (χ1n) is 10.4. The van der Waals surface area contributed by atoms with Crippen molar-refractivity contribution in [1.29, 1.82) is 0 Å². The summed E-state index contributed by atoms with van der Waals surface area (Å²) in [6.07, 6.45) is 8.71. The second-order valence-electron chi connectivity index (χ2n) is 7.52. The molecule has 33 heavy (non-hydrogen) atoms. The van der Waals surface area contributed by atoms with Crippen molar-refractivity contribution in [1.82, 2.24) is 4.90 Å². The molecule has 3 amide bonds. The monoisotopic (exact) mass is 446 g/mol. The Hall–Kier alpha value is -4.33. The number of carbonyl (C=O) groups is 3. The quantitative estimate of drug-likeness (QED) is 0.587. The first-order valence-corrected chi connectivity index (χ1v) is 10.4. The Balaban J connectivity index is 1.75. The highest BCUT2D eigenvalue weighted by Gasteiger charge is 2.15. The number of allylic oxidation sites excluding steroid dienone is 2. The number of hydrogen-bond donors (Lipinski definition) is 3. The van der Waals surface area contributed by atoms with E-state index in [1.165, 1.54) is 6.92 Å².